The van der Waals surface area contributed by atoms with E-state index in [1.165, 1.54) is 7.11 Å². The molecule has 0 heterocycles. The van der Waals surface area contributed by atoms with Crippen molar-refractivity contribution < 1.29 is 9.13 Å². The lowest BCUT2D eigenvalue weighted by atomic mass is 10.1. The van der Waals surface area contributed by atoms with Crippen LogP contribution >= 0.6 is 11.6 Å². The van der Waals surface area contributed by atoms with Gasteiger partial charge in [-0.15, -0.1) is 0 Å². The molecular formula is C11H15ClFNO. The van der Waals surface area contributed by atoms with Crippen LogP contribution in [0.3, 0.4) is 0 Å². The van der Waals surface area contributed by atoms with Crippen molar-refractivity contribution >= 4 is 11.6 Å². The molecule has 2 N–H and O–H groups in total. The molecule has 0 bridgehead atoms. The number of unbranched alkanes of at least 4 members (excludes halogenated alkanes) is 1. The number of aryl methyl sites for hydroxylation is 1. The highest BCUT2D eigenvalue weighted by molar-refractivity contribution is 6.32. The normalized spacial score (nSPS) is 10.4. The second kappa shape index (κ2) is 5.93. The van der Waals surface area contributed by atoms with Crippen LogP contribution in [0.2, 0.25) is 5.02 Å². The Kier molecular flexibility index (Phi) is 4.85. The predicted octanol–water partition coefficient (Wildman–Crippen LogP) is 2.77. The highest BCUT2D eigenvalue weighted by Gasteiger charge is 2.11. The number of nitrogens with two attached hydrogens (primary N) is 1. The SMILES string of the molecule is COc1ccc(CCCCN)c(F)c1Cl. The van der Waals surface area contributed by atoms with Gasteiger partial charge in [0.05, 0.1) is 7.11 Å². The van der Waals surface area contributed by atoms with Crippen molar-refractivity contribution in [1.29, 1.82) is 0 Å². The maximum Gasteiger partial charge on any atom is 0.148 e. The van der Waals surface area contributed by atoms with E-state index in [4.69, 9.17) is 22.1 Å². The monoisotopic (exact) mass is 231 g/mol. The van der Waals surface area contributed by atoms with Crippen LogP contribution in [0, 0.1) is 5.82 Å². The molecule has 0 aliphatic heterocycles. The molecule has 84 valence electrons. The number of ether oxygens (including phenoxy) is 1. The van der Waals surface area contributed by atoms with Crippen molar-refractivity contribution in [3.63, 3.8) is 0 Å². The lowest BCUT2D eigenvalue weighted by Crippen LogP contribution is -2.00. The molecule has 0 aliphatic rings. The average molecular weight is 232 g/mol. The summed E-state index contributed by atoms with van der Waals surface area (Å²) in [4.78, 5) is 0. The van der Waals surface area contributed by atoms with Crippen molar-refractivity contribution in [1.82, 2.24) is 0 Å². The van der Waals surface area contributed by atoms with E-state index in [2.05, 4.69) is 0 Å². The molecule has 4 heteroatoms. The first kappa shape index (κ1) is 12.3. The molecule has 2 nitrogen and oxygen atoms in total. The summed E-state index contributed by atoms with van der Waals surface area (Å²) in [5.74, 6) is -0.00946. The summed E-state index contributed by atoms with van der Waals surface area (Å²) in [6.45, 7) is 0.630. The number of hydrogen-bond donors (Lipinski definition) is 1. The molecule has 0 fully saturated rings. The molecule has 15 heavy (non-hydrogen) atoms. The Morgan fingerprint density at radius 2 is 2.13 bits per heavy atom. The van der Waals surface area contributed by atoms with Crippen molar-refractivity contribution in [3.05, 3.63) is 28.5 Å². The van der Waals surface area contributed by atoms with Gasteiger partial charge in [-0.2, -0.15) is 0 Å². The van der Waals surface area contributed by atoms with E-state index in [1.54, 1.807) is 12.1 Å². The Morgan fingerprint density at radius 1 is 1.40 bits per heavy atom. The Hall–Kier alpha value is -0.800. The van der Waals surface area contributed by atoms with Crippen LogP contribution in [0.4, 0.5) is 4.39 Å². The smallest absolute Gasteiger partial charge is 0.148 e. The van der Waals surface area contributed by atoms with E-state index < -0.39 is 0 Å². The third-order valence-corrected chi connectivity index (χ3v) is 2.60. The average Bonchev–Trinajstić information content (AvgIpc) is 2.25. The summed E-state index contributed by atoms with van der Waals surface area (Å²) in [6.07, 6.45) is 2.42. The fourth-order valence-electron chi connectivity index (χ4n) is 1.38. The summed E-state index contributed by atoms with van der Waals surface area (Å²) in [5.41, 5.74) is 5.99. The molecule has 0 saturated carbocycles. The van der Waals surface area contributed by atoms with Gasteiger partial charge in [0.2, 0.25) is 0 Å². The Morgan fingerprint density at radius 3 is 2.73 bits per heavy atom. The van der Waals surface area contributed by atoms with E-state index in [0.717, 1.165) is 12.8 Å². The van der Waals surface area contributed by atoms with Gasteiger partial charge in [0.25, 0.3) is 0 Å². The van der Waals surface area contributed by atoms with Gasteiger partial charge in [-0.25, -0.2) is 4.39 Å². The van der Waals surface area contributed by atoms with Crippen molar-refractivity contribution in [2.75, 3.05) is 13.7 Å². The molecule has 0 amide bonds. The standard InChI is InChI=1S/C11H15ClFNO/c1-15-9-6-5-8(4-2-3-7-14)11(13)10(9)12/h5-6H,2-4,7,14H2,1H3. The van der Waals surface area contributed by atoms with Gasteiger partial charge in [-0.1, -0.05) is 17.7 Å². The van der Waals surface area contributed by atoms with Crippen LogP contribution in [-0.2, 0) is 6.42 Å². The second-order valence-electron chi connectivity index (χ2n) is 3.30. The zero-order valence-electron chi connectivity index (χ0n) is 8.72. The molecule has 0 aromatic heterocycles. The van der Waals surface area contributed by atoms with E-state index in [0.29, 0.717) is 24.3 Å². The van der Waals surface area contributed by atoms with Gasteiger partial charge in [0, 0.05) is 0 Å². The largest absolute Gasteiger partial charge is 0.495 e. The fourth-order valence-corrected chi connectivity index (χ4v) is 1.64. The van der Waals surface area contributed by atoms with Gasteiger partial charge in [-0.3, -0.25) is 0 Å². The zero-order valence-corrected chi connectivity index (χ0v) is 9.48. The lowest BCUT2D eigenvalue weighted by Gasteiger charge is -2.08. The summed E-state index contributed by atoms with van der Waals surface area (Å²) in [6, 6.07) is 3.39. The van der Waals surface area contributed by atoms with Gasteiger partial charge < -0.3 is 10.5 Å². The first-order chi connectivity index (χ1) is 7.20. The molecule has 0 atom stereocenters. The highest BCUT2D eigenvalue weighted by atomic mass is 35.5. The van der Waals surface area contributed by atoms with Gasteiger partial charge in [0.1, 0.15) is 16.6 Å². The number of hydrogen-bond acceptors (Lipinski definition) is 2. The molecule has 0 aliphatic carbocycles. The molecule has 1 aromatic rings. The van der Waals surface area contributed by atoms with Crippen molar-refractivity contribution in [3.8, 4) is 5.75 Å². The number of rotatable bonds is 5. The lowest BCUT2D eigenvalue weighted by molar-refractivity contribution is 0.411. The van der Waals surface area contributed by atoms with Gasteiger partial charge in [-0.05, 0) is 37.4 Å². The van der Waals surface area contributed by atoms with E-state index >= 15 is 0 Å². The third-order valence-electron chi connectivity index (χ3n) is 2.25. The molecule has 1 rings (SSSR count). The first-order valence-electron chi connectivity index (χ1n) is 4.91. The maximum atomic E-state index is 13.6. The summed E-state index contributed by atoms with van der Waals surface area (Å²) < 4.78 is 18.5. The predicted molar refractivity (Wildman–Crippen MR) is 60.0 cm³/mol. The Labute approximate surface area is 94.2 Å². The Bertz CT molecular complexity index is 331. The van der Waals surface area contributed by atoms with Crippen LogP contribution in [0.1, 0.15) is 18.4 Å². The number of methoxy groups -OCH3 is 1. The number of benzene rings is 1. The van der Waals surface area contributed by atoms with Crippen LogP contribution in [-0.4, -0.2) is 13.7 Å². The Balaban J connectivity index is 2.77. The summed E-state index contributed by atoms with van der Waals surface area (Å²) >= 11 is 5.79. The fraction of sp³-hybridized carbons (Fsp3) is 0.455. The second-order valence-corrected chi connectivity index (χ2v) is 3.68. The molecule has 0 spiro atoms. The minimum absolute atomic E-state index is 0.0581. The van der Waals surface area contributed by atoms with Crippen molar-refractivity contribution in [2.45, 2.75) is 19.3 Å². The van der Waals surface area contributed by atoms with E-state index in [1.807, 2.05) is 0 Å². The van der Waals surface area contributed by atoms with Crippen LogP contribution in [0.15, 0.2) is 12.1 Å². The maximum absolute atomic E-state index is 13.6. The molecule has 0 radical (unpaired) electrons. The minimum Gasteiger partial charge on any atom is -0.495 e. The number of halogens is 2. The van der Waals surface area contributed by atoms with Crippen molar-refractivity contribution in [2.24, 2.45) is 5.73 Å². The topological polar surface area (TPSA) is 35.2 Å². The molecule has 1 aromatic carbocycles. The molecule has 0 saturated heterocycles. The van der Waals surface area contributed by atoms with Crippen LogP contribution in [0.25, 0.3) is 0 Å². The molecular weight excluding hydrogens is 217 g/mol. The summed E-state index contributed by atoms with van der Waals surface area (Å²) in [7, 11) is 1.47. The third kappa shape index (κ3) is 3.08. The van der Waals surface area contributed by atoms with Crippen LogP contribution < -0.4 is 10.5 Å². The quantitative estimate of drug-likeness (QED) is 0.791. The molecule has 0 unspecified atom stereocenters. The van der Waals surface area contributed by atoms with E-state index in [-0.39, 0.29) is 10.8 Å². The minimum atomic E-state index is -0.381. The van der Waals surface area contributed by atoms with Gasteiger partial charge in [0.15, 0.2) is 0 Å². The summed E-state index contributed by atoms with van der Waals surface area (Å²) in [5, 5.41) is 0.0581. The zero-order chi connectivity index (χ0) is 11.3. The van der Waals surface area contributed by atoms with Gasteiger partial charge >= 0.3 is 0 Å². The van der Waals surface area contributed by atoms with E-state index in [9.17, 15) is 4.39 Å². The first-order valence-corrected chi connectivity index (χ1v) is 5.29. The van der Waals surface area contributed by atoms with Crippen LogP contribution in [0.5, 0.6) is 5.75 Å². The highest BCUT2D eigenvalue weighted by Crippen LogP contribution is 2.29.